The average Bonchev–Trinajstić information content (AvgIpc) is 3.32. The molecule has 50 heavy (non-hydrogen) atoms. The predicted molar refractivity (Wildman–Crippen MR) is 183 cm³/mol. The van der Waals surface area contributed by atoms with E-state index in [1.165, 1.54) is 75.5 Å². The molecule has 1 aromatic heterocycles. The van der Waals surface area contributed by atoms with Crippen LogP contribution in [0.5, 0.6) is 11.5 Å². The van der Waals surface area contributed by atoms with Gasteiger partial charge in [-0.15, -0.1) is 9.24 Å². The molecule has 266 valence electrons. The fourth-order valence-corrected chi connectivity index (χ4v) is 7.56. The lowest BCUT2D eigenvalue weighted by atomic mass is 9.78. The molecule has 6 rings (SSSR count). The molecule has 5 atom stereocenters. The zero-order valence-corrected chi connectivity index (χ0v) is 29.6. The first kappa shape index (κ1) is 36.0. The minimum atomic E-state index is -3.51. The Morgan fingerprint density at radius 2 is 1.78 bits per heavy atom. The number of Topliss-reactive ketones (excluding diaryl/α,β-unsaturated/α-hetero) is 1. The molecule has 0 N–H and O–H groups in total. The van der Waals surface area contributed by atoms with Gasteiger partial charge in [0.05, 0.1) is 38.3 Å². The molecule has 3 aliphatic rings. The quantitative estimate of drug-likeness (QED) is 0.206. The van der Waals surface area contributed by atoms with Crippen LogP contribution in [0.4, 0.5) is 18.9 Å². The molecule has 16 heteroatoms. The Labute approximate surface area is 290 Å². The predicted octanol–water partition coefficient (Wildman–Crippen LogP) is 3.37. The summed E-state index contributed by atoms with van der Waals surface area (Å²) >= 11 is 0. The monoisotopic (exact) mass is 733 g/mol. The van der Waals surface area contributed by atoms with Gasteiger partial charge in [0.15, 0.2) is 5.78 Å². The number of alkyl halides is 2. The lowest BCUT2D eigenvalue weighted by Crippen LogP contribution is -2.68. The SMILES string of the molecule is COCC(C(=O)N1CC2(COC2)C1)n1cccc(N2C[C@@H](c3c(F)cc(OC)cc3P)[C@H](CC(=O)c3ccc(OC(F)(F)P)cc3)C2=O)c1=O. The Morgan fingerprint density at radius 3 is 2.36 bits per heavy atom. The maximum Gasteiger partial charge on any atom is 0.408 e. The molecule has 0 radical (unpaired) electrons. The number of ketones is 1. The van der Waals surface area contributed by atoms with Crippen molar-refractivity contribution in [2.24, 2.45) is 11.3 Å². The average molecular weight is 734 g/mol. The number of nitrogens with zero attached hydrogens (tertiary/aromatic N) is 3. The van der Waals surface area contributed by atoms with Crippen molar-refractivity contribution in [2.45, 2.75) is 24.2 Å². The van der Waals surface area contributed by atoms with Crippen molar-refractivity contribution < 1.29 is 46.5 Å². The molecule has 3 saturated heterocycles. The lowest BCUT2D eigenvalue weighted by molar-refractivity contribution is -0.197. The van der Waals surface area contributed by atoms with E-state index < -0.39 is 46.8 Å². The molecule has 11 nitrogen and oxygen atoms in total. The Hall–Kier alpha value is -3.83. The van der Waals surface area contributed by atoms with Gasteiger partial charge in [0.1, 0.15) is 29.0 Å². The summed E-state index contributed by atoms with van der Waals surface area (Å²) in [5, 5.41) is 0.402. The fourth-order valence-electron chi connectivity index (χ4n) is 6.91. The number of rotatable bonds is 12. The van der Waals surface area contributed by atoms with Gasteiger partial charge in [0.25, 0.3) is 5.56 Å². The van der Waals surface area contributed by atoms with Crippen molar-refractivity contribution in [1.82, 2.24) is 9.47 Å². The summed E-state index contributed by atoms with van der Waals surface area (Å²) in [6, 6.07) is 9.77. The first-order valence-corrected chi connectivity index (χ1v) is 16.9. The van der Waals surface area contributed by atoms with Crippen LogP contribution in [-0.2, 0) is 19.1 Å². The first-order valence-electron chi connectivity index (χ1n) is 15.7. The number of pyridine rings is 1. The number of hydrogen-bond donors (Lipinski definition) is 0. The number of anilines is 1. The maximum atomic E-state index is 15.7. The third-order valence-corrected chi connectivity index (χ3v) is 9.99. The summed E-state index contributed by atoms with van der Waals surface area (Å²) in [6.45, 7) is 1.93. The largest absolute Gasteiger partial charge is 0.497 e. The number of amides is 2. The van der Waals surface area contributed by atoms with Crippen LogP contribution in [-0.4, -0.2) is 86.6 Å². The van der Waals surface area contributed by atoms with Gasteiger partial charge >= 0.3 is 5.85 Å². The third kappa shape index (κ3) is 7.04. The summed E-state index contributed by atoms with van der Waals surface area (Å²) in [5.74, 6) is -7.47. The Kier molecular flexibility index (Phi) is 10.1. The summed E-state index contributed by atoms with van der Waals surface area (Å²) in [7, 11) is 6.51. The van der Waals surface area contributed by atoms with Gasteiger partial charge in [-0.05, 0) is 57.0 Å². The van der Waals surface area contributed by atoms with Crippen molar-refractivity contribution in [2.75, 3.05) is 58.6 Å². The number of benzene rings is 2. The zero-order chi connectivity index (χ0) is 36.0. The van der Waals surface area contributed by atoms with E-state index in [2.05, 4.69) is 14.0 Å². The number of halogens is 3. The van der Waals surface area contributed by atoms with Crippen molar-refractivity contribution in [3.63, 3.8) is 0 Å². The summed E-state index contributed by atoms with van der Waals surface area (Å²) in [4.78, 5) is 58.3. The molecule has 2 amide bonds. The van der Waals surface area contributed by atoms with Crippen molar-refractivity contribution in [3.05, 3.63) is 82.0 Å². The van der Waals surface area contributed by atoms with Crippen LogP contribution in [0.25, 0.3) is 0 Å². The number of hydrogen-bond acceptors (Lipinski definition) is 8. The first-order chi connectivity index (χ1) is 23.7. The van der Waals surface area contributed by atoms with Crippen molar-refractivity contribution in [3.8, 4) is 11.5 Å². The maximum absolute atomic E-state index is 15.7. The smallest absolute Gasteiger partial charge is 0.408 e. The molecular formula is C34H36F3N3O8P2. The van der Waals surface area contributed by atoms with E-state index in [1.54, 1.807) is 17.0 Å². The van der Waals surface area contributed by atoms with Crippen LogP contribution in [0.1, 0.15) is 34.3 Å². The summed E-state index contributed by atoms with van der Waals surface area (Å²) in [5.41, 5.74) is -0.438. The Morgan fingerprint density at radius 1 is 1.08 bits per heavy atom. The van der Waals surface area contributed by atoms with Gasteiger partial charge in [-0.2, -0.15) is 8.78 Å². The van der Waals surface area contributed by atoms with Crippen LogP contribution in [0.3, 0.4) is 0 Å². The normalized spacial score (nSPS) is 20.3. The molecule has 3 fully saturated rings. The van der Waals surface area contributed by atoms with E-state index in [4.69, 9.17) is 14.2 Å². The van der Waals surface area contributed by atoms with Crippen LogP contribution in [0.2, 0.25) is 0 Å². The van der Waals surface area contributed by atoms with Crippen LogP contribution in [0, 0.1) is 17.2 Å². The van der Waals surface area contributed by atoms with E-state index in [0.29, 0.717) is 31.6 Å². The van der Waals surface area contributed by atoms with Gasteiger partial charge in [0, 0.05) is 62.5 Å². The Balaban J connectivity index is 1.32. The third-order valence-electron chi connectivity index (χ3n) is 9.40. The highest BCUT2D eigenvalue weighted by Gasteiger charge is 2.52. The van der Waals surface area contributed by atoms with Gasteiger partial charge in [-0.3, -0.25) is 23.7 Å². The lowest BCUT2D eigenvalue weighted by Gasteiger charge is -2.55. The number of aromatic nitrogens is 1. The van der Waals surface area contributed by atoms with E-state index in [-0.39, 0.29) is 59.2 Å². The highest BCUT2D eigenvalue weighted by Crippen LogP contribution is 2.41. The number of methoxy groups -OCH3 is 2. The molecule has 3 aliphatic heterocycles. The van der Waals surface area contributed by atoms with Crippen molar-refractivity contribution >= 4 is 47.1 Å². The second-order valence-electron chi connectivity index (χ2n) is 12.9. The minimum absolute atomic E-state index is 0.0436. The molecule has 3 unspecified atom stereocenters. The topological polar surface area (TPSA) is 117 Å². The molecule has 0 bridgehead atoms. The Bertz CT molecular complexity index is 1830. The summed E-state index contributed by atoms with van der Waals surface area (Å²) < 4.78 is 63.9. The van der Waals surface area contributed by atoms with E-state index >= 15 is 4.39 Å². The molecule has 1 spiro atoms. The van der Waals surface area contributed by atoms with Crippen LogP contribution >= 0.6 is 18.5 Å². The highest BCUT2D eigenvalue weighted by atomic mass is 31.0. The molecule has 4 heterocycles. The standard InChI is InChI=1S/C34H36F3N3O8P2/c1-45-14-26(31(43)38-15-33(16-38)17-47-18-33)39-9-3-4-25(32(39)44)40-13-23(29-24(35)10-21(46-2)11-28(29)49)22(30(40)42)12-27(41)19-5-7-20(8-6-19)48-34(36,37)50/h3-11,22-23,26H,12-18,49-50H2,1-2H3/t22-,23+,26?/m0/s1. The molecular weight excluding hydrogens is 697 g/mol. The second-order valence-corrected chi connectivity index (χ2v) is 14.1. The van der Waals surface area contributed by atoms with Crippen molar-refractivity contribution in [1.29, 1.82) is 0 Å². The van der Waals surface area contributed by atoms with Crippen LogP contribution < -0.4 is 25.2 Å². The minimum Gasteiger partial charge on any atom is -0.497 e. The highest BCUT2D eigenvalue weighted by molar-refractivity contribution is 7.27. The number of ether oxygens (including phenoxy) is 4. The molecule has 3 aromatic rings. The second kappa shape index (κ2) is 14.1. The number of carbonyl (C=O) groups is 3. The molecule has 2 aromatic carbocycles. The van der Waals surface area contributed by atoms with Gasteiger partial charge in [-0.1, -0.05) is 0 Å². The van der Waals surface area contributed by atoms with Gasteiger partial charge in [0.2, 0.25) is 11.8 Å². The van der Waals surface area contributed by atoms with E-state index in [0.717, 1.165) is 0 Å². The van der Waals surface area contributed by atoms with Gasteiger partial charge < -0.3 is 28.7 Å². The van der Waals surface area contributed by atoms with E-state index in [9.17, 15) is 28.0 Å². The molecule has 0 saturated carbocycles. The zero-order valence-electron chi connectivity index (χ0n) is 27.3. The molecule has 0 aliphatic carbocycles. The fraction of sp³-hybridized carbons (Fsp3) is 0.412. The summed E-state index contributed by atoms with van der Waals surface area (Å²) in [6.07, 6.45) is 1.08. The van der Waals surface area contributed by atoms with E-state index in [1.807, 2.05) is 0 Å². The van der Waals surface area contributed by atoms with Crippen LogP contribution in [0.15, 0.2) is 59.5 Å². The number of likely N-dealkylation sites (tertiary alicyclic amines) is 1. The van der Waals surface area contributed by atoms with Gasteiger partial charge in [-0.25, -0.2) is 4.39 Å². The number of carbonyl (C=O) groups excluding carboxylic acids is 3.